The first-order valence-corrected chi connectivity index (χ1v) is 7.50. The van der Waals surface area contributed by atoms with E-state index < -0.39 is 5.97 Å². The summed E-state index contributed by atoms with van der Waals surface area (Å²) in [7, 11) is 0. The molecule has 1 N–H and O–H groups in total. The topological polar surface area (TPSA) is 72.2 Å². The van der Waals surface area contributed by atoms with Gasteiger partial charge in [-0.3, -0.25) is 14.3 Å². The Hall–Kier alpha value is -1.79. The zero-order valence-electron chi connectivity index (χ0n) is 11.2. The van der Waals surface area contributed by atoms with Gasteiger partial charge in [-0.15, -0.1) is 0 Å². The van der Waals surface area contributed by atoms with E-state index in [1.54, 1.807) is 17.7 Å². The molecule has 0 unspecified atom stereocenters. The SMILES string of the molecule is Cc1nn(Cc2ccccc2Cl)c(SCC(=O)O)c1C=O. The standard InChI is InChI=1S/C14H13ClN2O3S/c1-9-11(7-18)14(21-8-13(19)20)17(16-9)6-10-4-2-3-5-12(10)15/h2-5,7H,6,8H2,1H3,(H,19,20). The second-order valence-corrected chi connectivity index (χ2v) is 5.72. The Bertz CT molecular complexity index is 685. The average Bonchev–Trinajstić information content (AvgIpc) is 2.74. The fourth-order valence-electron chi connectivity index (χ4n) is 1.89. The number of rotatable bonds is 6. The number of hydrogen-bond donors (Lipinski definition) is 1. The molecular weight excluding hydrogens is 312 g/mol. The van der Waals surface area contributed by atoms with Gasteiger partial charge in [-0.2, -0.15) is 5.10 Å². The fourth-order valence-corrected chi connectivity index (χ4v) is 2.95. The lowest BCUT2D eigenvalue weighted by Gasteiger charge is -2.08. The number of aliphatic carboxylic acids is 1. The third-order valence-corrected chi connectivity index (χ3v) is 4.32. The highest BCUT2D eigenvalue weighted by atomic mass is 35.5. The average molecular weight is 325 g/mol. The van der Waals surface area contributed by atoms with Crippen molar-refractivity contribution in [2.75, 3.05) is 5.75 Å². The summed E-state index contributed by atoms with van der Waals surface area (Å²) >= 11 is 7.20. The number of aryl methyl sites for hydroxylation is 1. The number of halogens is 1. The monoisotopic (exact) mass is 324 g/mol. The first kappa shape index (κ1) is 15.6. The van der Waals surface area contributed by atoms with Gasteiger partial charge in [0.25, 0.3) is 0 Å². The Labute approximate surface area is 130 Å². The maximum Gasteiger partial charge on any atom is 0.313 e. The first-order chi connectivity index (χ1) is 10.0. The molecule has 0 saturated heterocycles. The Balaban J connectivity index is 2.36. The molecule has 0 saturated carbocycles. The van der Waals surface area contributed by atoms with Crippen LogP contribution in [0.2, 0.25) is 5.02 Å². The highest BCUT2D eigenvalue weighted by Crippen LogP contribution is 2.26. The second kappa shape index (κ2) is 6.78. The lowest BCUT2D eigenvalue weighted by Crippen LogP contribution is -2.06. The molecular formula is C14H13ClN2O3S. The molecule has 0 aliphatic rings. The molecule has 1 aromatic heterocycles. The minimum atomic E-state index is -0.944. The van der Waals surface area contributed by atoms with E-state index in [0.29, 0.717) is 34.1 Å². The molecule has 1 aromatic carbocycles. The zero-order valence-corrected chi connectivity index (χ0v) is 12.8. The third-order valence-electron chi connectivity index (χ3n) is 2.85. The van der Waals surface area contributed by atoms with Crippen molar-refractivity contribution in [1.82, 2.24) is 9.78 Å². The van der Waals surface area contributed by atoms with Gasteiger partial charge in [0.2, 0.25) is 0 Å². The van der Waals surface area contributed by atoms with Gasteiger partial charge in [-0.1, -0.05) is 41.6 Å². The Morgan fingerprint density at radius 3 is 2.81 bits per heavy atom. The van der Waals surface area contributed by atoms with Crippen molar-refractivity contribution in [3.63, 3.8) is 0 Å². The van der Waals surface area contributed by atoms with Crippen LogP contribution < -0.4 is 0 Å². The van der Waals surface area contributed by atoms with Gasteiger partial charge in [0.05, 0.1) is 23.6 Å². The first-order valence-electron chi connectivity index (χ1n) is 6.13. The van der Waals surface area contributed by atoms with E-state index >= 15 is 0 Å². The summed E-state index contributed by atoms with van der Waals surface area (Å²) in [6, 6.07) is 7.34. The molecule has 0 atom stereocenters. The van der Waals surface area contributed by atoms with Gasteiger partial charge in [0.1, 0.15) is 5.03 Å². The van der Waals surface area contributed by atoms with Crippen LogP contribution in [-0.2, 0) is 11.3 Å². The van der Waals surface area contributed by atoms with Crippen molar-refractivity contribution in [1.29, 1.82) is 0 Å². The normalized spacial score (nSPS) is 10.6. The van der Waals surface area contributed by atoms with Crippen LogP contribution in [0.15, 0.2) is 29.3 Å². The third kappa shape index (κ3) is 3.65. The van der Waals surface area contributed by atoms with Gasteiger partial charge >= 0.3 is 5.97 Å². The molecule has 0 aliphatic carbocycles. The minimum absolute atomic E-state index is 0.130. The van der Waals surface area contributed by atoms with Gasteiger partial charge in [-0.05, 0) is 18.6 Å². The molecule has 0 spiro atoms. The maximum absolute atomic E-state index is 11.2. The molecule has 5 nitrogen and oxygen atoms in total. The summed E-state index contributed by atoms with van der Waals surface area (Å²) in [5, 5.41) is 14.3. The van der Waals surface area contributed by atoms with Crippen LogP contribution in [0.3, 0.4) is 0 Å². The number of carboxylic acids is 1. The summed E-state index contributed by atoms with van der Waals surface area (Å²) in [5.74, 6) is -1.07. The lowest BCUT2D eigenvalue weighted by molar-refractivity contribution is -0.133. The van der Waals surface area contributed by atoms with Gasteiger partial charge < -0.3 is 5.11 Å². The molecule has 0 fully saturated rings. The second-order valence-electron chi connectivity index (χ2n) is 4.35. The summed E-state index contributed by atoms with van der Waals surface area (Å²) in [6.45, 7) is 2.11. The number of aromatic nitrogens is 2. The van der Waals surface area contributed by atoms with Gasteiger partial charge in [0.15, 0.2) is 6.29 Å². The molecule has 0 radical (unpaired) electrons. The number of aldehydes is 1. The quantitative estimate of drug-likeness (QED) is 0.653. The van der Waals surface area contributed by atoms with E-state index in [2.05, 4.69) is 5.10 Å². The number of carbonyl (C=O) groups excluding carboxylic acids is 1. The van der Waals surface area contributed by atoms with E-state index in [0.717, 1.165) is 17.3 Å². The predicted octanol–water partition coefficient (Wildman–Crippen LogP) is 2.88. The number of nitrogens with zero attached hydrogens (tertiary/aromatic N) is 2. The predicted molar refractivity (Wildman–Crippen MR) is 81.3 cm³/mol. The van der Waals surface area contributed by atoms with Crippen LogP contribution in [0, 0.1) is 6.92 Å². The summed E-state index contributed by atoms with van der Waals surface area (Å²) < 4.78 is 1.62. The van der Waals surface area contributed by atoms with Crippen molar-refractivity contribution < 1.29 is 14.7 Å². The Morgan fingerprint density at radius 2 is 2.19 bits per heavy atom. The van der Waals surface area contributed by atoms with Crippen molar-refractivity contribution in [3.05, 3.63) is 46.1 Å². The van der Waals surface area contributed by atoms with Gasteiger partial charge in [0, 0.05) is 5.02 Å². The van der Waals surface area contributed by atoms with Crippen LogP contribution in [0.25, 0.3) is 0 Å². The van der Waals surface area contributed by atoms with Crippen molar-refractivity contribution in [2.45, 2.75) is 18.5 Å². The van der Waals surface area contributed by atoms with Crippen LogP contribution >= 0.6 is 23.4 Å². The van der Waals surface area contributed by atoms with E-state index in [1.807, 2.05) is 18.2 Å². The Kier molecular flexibility index (Phi) is 5.03. The molecule has 2 rings (SSSR count). The zero-order chi connectivity index (χ0) is 15.4. The number of carboxylic acid groups (broad SMARTS) is 1. The van der Waals surface area contributed by atoms with Gasteiger partial charge in [-0.25, -0.2) is 0 Å². The van der Waals surface area contributed by atoms with Crippen molar-refractivity contribution >= 4 is 35.6 Å². The smallest absolute Gasteiger partial charge is 0.313 e. The molecule has 21 heavy (non-hydrogen) atoms. The van der Waals surface area contributed by atoms with Crippen LogP contribution in [0.5, 0.6) is 0 Å². The number of hydrogen-bond acceptors (Lipinski definition) is 4. The van der Waals surface area contributed by atoms with Crippen LogP contribution in [0.4, 0.5) is 0 Å². The molecule has 7 heteroatoms. The van der Waals surface area contributed by atoms with E-state index in [-0.39, 0.29) is 5.75 Å². The highest BCUT2D eigenvalue weighted by molar-refractivity contribution is 8.00. The lowest BCUT2D eigenvalue weighted by atomic mass is 10.2. The molecule has 110 valence electrons. The number of thioether (sulfide) groups is 1. The molecule has 0 aliphatic heterocycles. The van der Waals surface area contributed by atoms with E-state index in [4.69, 9.17) is 16.7 Å². The Morgan fingerprint density at radius 1 is 1.48 bits per heavy atom. The number of carbonyl (C=O) groups is 2. The molecule has 2 aromatic rings. The summed E-state index contributed by atoms with van der Waals surface area (Å²) in [4.78, 5) is 21.9. The van der Waals surface area contributed by atoms with Crippen LogP contribution in [-0.4, -0.2) is 32.9 Å². The van der Waals surface area contributed by atoms with Crippen molar-refractivity contribution in [2.24, 2.45) is 0 Å². The highest BCUT2D eigenvalue weighted by Gasteiger charge is 2.17. The van der Waals surface area contributed by atoms with E-state index in [1.165, 1.54) is 0 Å². The van der Waals surface area contributed by atoms with E-state index in [9.17, 15) is 9.59 Å². The fraction of sp³-hybridized carbons (Fsp3) is 0.214. The summed E-state index contributed by atoms with van der Waals surface area (Å²) in [6.07, 6.45) is 0.704. The maximum atomic E-state index is 11.2. The molecule has 0 amide bonds. The number of benzene rings is 1. The summed E-state index contributed by atoms with van der Waals surface area (Å²) in [5.41, 5.74) is 1.86. The minimum Gasteiger partial charge on any atom is -0.481 e. The largest absolute Gasteiger partial charge is 0.481 e. The van der Waals surface area contributed by atoms with Crippen molar-refractivity contribution in [3.8, 4) is 0 Å². The molecule has 1 heterocycles. The molecule has 0 bridgehead atoms. The van der Waals surface area contributed by atoms with Crippen LogP contribution in [0.1, 0.15) is 21.6 Å².